The second-order valence-corrected chi connectivity index (χ2v) is 5.14. The van der Waals surface area contributed by atoms with Crippen molar-refractivity contribution in [2.75, 3.05) is 23.7 Å². The molecule has 1 aromatic heterocycles. The molecule has 1 aromatic rings. The van der Waals surface area contributed by atoms with Crippen LogP contribution in [0.5, 0.6) is 0 Å². The number of rotatable bonds is 3. The molecule has 0 bridgehead atoms. The van der Waals surface area contributed by atoms with Crippen molar-refractivity contribution in [1.82, 2.24) is 9.97 Å². The molecular formula is C13H19F3N4. The molecule has 0 aromatic carbocycles. The SMILES string of the molecule is CCCc1c(N)ncnc1N1CCCC(C(F)(F)F)C1. The first-order chi connectivity index (χ1) is 9.43. The predicted octanol–water partition coefficient (Wildman–Crippen LogP) is 2.79. The quantitative estimate of drug-likeness (QED) is 0.929. The van der Waals surface area contributed by atoms with Gasteiger partial charge in [0.25, 0.3) is 0 Å². The van der Waals surface area contributed by atoms with E-state index in [2.05, 4.69) is 9.97 Å². The Bertz CT molecular complexity index is 461. The molecule has 1 fully saturated rings. The normalized spacial score (nSPS) is 20.2. The van der Waals surface area contributed by atoms with E-state index in [0.717, 1.165) is 12.0 Å². The summed E-state index contributed by atoms with van der Waals surface area (Å²) in [6.07, 6.45) is -0.608. The van der Waals surface area contributed by atoms with Crippen molar-refractivity contribution in [3.63, 3.8) is 0 Å². The average Bonchev–Trinajstić information content (AvgIpc) is 2.40. The Hall–Kier alpha value is -1.53. The van der Waals surface area contributed by atoms with Crippen LogP contribution in [-0.2, 0) is 6.42 Å². The van der Waals surface area contributed by atoms with Crippen LogP contribution in [0, 0.1) is 5.92 Å². The van der Waals surface area contributed by atoms with Crippen molar-refractivity contribution in [3.8, 4) is 0 Å². The summed E-state index contributed by atoms with van der Waals surface area (Å²) < 4.78 is 38.6. The smallest absolute Gasteiger partial charge is 0.383 e. The number of hydrogen-bond acceptors (Lipinski definition) is 4. The van der Waals surface area contributed by atoms with Gasteiger partial charge in [0.05, 0.1) is 5.92 Å². The number of alkyl halides is 3. The molecule has 2 rings (SSSR count). The van der Waals surface area contributed by atoms with Crippen LogP contribution < -0.4 is 10.6 Å². The van der Waals surface area contributed by atoms with Gasteiger partial charge in [-0.05, 0) is 19.3 Å². The van der Waals surface area contributed by atoms with E-state index in [1.165, 1.54) is 6.33 Å². The Labute approximate surface area is 116 Å². The van der Waals surface area contributed by atoms with Crippen LogP contribution >= 0.6 is 0 Å². The van der Waals surface area contributed by atoms with Crippen LogP contribution in [0.2, 0.25) is 0 Å². The minimum atomic E-state index is -4.15. The van der Waals surface area contributed by atoms with E-state index in [4.69, 9.17) is 5.73 Å². The Balaban J connectivity index is 2.25. The van der Waals surface area contributed by atoms with Gasteiger partial charge in [-0.1, -0.05) is 13.3 Å². The fraction of sp³-hybridized carbons (Fsp3) is 0.692. The summed E-state index contributed by atoms with van der Waals surface area (Å²) in [5.41, 5.74) is 6.60. The molecule has 0 amide bonds. The molecular weight excluding hydrogens is 269 g/mol. The third-order valence-corrected chi connectivity index (χ3v) is 3.64. The van der Waals surface area contributed by atoms with Gasteiger partial charge >= 0.3 is 6.18 Å². The van der Waals surface area contributed by atoms with E-state index >= 15 is 0 Å². The standard InChI is InChI=1S/C13H19F3N4/c1-2-4-10-11(17)18-8-19-12(10)20-6-3-5-9(7-20)13(14,15)16/h8-9H,2-7H2,1H3,(H2,17,18,19). The summed E-state index contributed by atoms with van der Waals surface area (Å²) in [4.78, 5) is 9.80. The summed E-state index contributed by atoms with van der Waals surface area (Å²) in [6.45, 7) is 2.53. The highest BCUT2D eigenvalue weighted by Crippen LogP contribution is 2.35. The van der Waals surface area contributed by atoms with Crippen molar-refractivity contribution in [2.24, 2.45) is 5.92 Å². The molecule has 1 aliphatic heterocycles. The van der Waals surface area contributed by atoms with Crippen LogP contribution in [0.15, 0.2) is 6.33 Å². The summed E-state index contributed by atoms with van der Waals surface area (Å²) >= 11 is 0. The minimum absolute atomic E-state index is 0.0450. The first-order valence-corrected chi connectivity index (χ1v) is 6.84. The van der Waals surface area contributed by atoms with Gasteiger partial charge in [-0.2, -0.15) is 13.2 Å². The number of piperidine rings is 1. The fourth-order valence-electron chi connectivity index (χ4n) is 2.62. The van der Waals surface area contributed by atoms with E-state index in [-0.39, 0.29) is 13.0 Å². The highest BCUT2D eigenvalue weighted by Gasteiger charge is 2.42. The van der Waals surface area contributed by atoms with Crippen molar-refractivity contribution >= 4 is 11.6 Å². The molecule has 1 unspecified atom stereocenters. The number of halogens is 3. The van der Waals surface area contributed by atoms with Gasteiger partial charge in [-0.3, -0.25) is 0 Å². The number of aromatic nitrogens is 2. The average molecular weight is 288 g/mol. The third kappa shape index (κ3) is 3.13. The molecule has 0 saturated carbocycles. The van der Waals surface area contributed by atoms with Crippen molar-refractivity contribution in [3.05, 3.63) is 11.9 Å². The minimum Gasteiger partial charge on any atom is -0.383 e. The molecule has 0 spiro atoms. The van der Waals surface area contributed by atoms with Crippen molar-refractivity contribution < 1.29 is 13.2 Å². The van der Waals surface area contributed by atoms with Crippen molar-refractivity contribution in [2.45, 2.75) is 38.8 Å². The van der Waals surface area contributed by atoms with Crippen molar-refractivity contribution in [1.29, 1.82) is 0 Å². The summed E-state index contributed by atoms with van der Waals surface area (Å²) in [7, 11) is 0. The van der Waals surface area contributed by atoms with Gasteiger partial charge in [-0.25, -0.2) is 9.97 Å². The van der Waals surface area contributed by atoms with Crippen LogP contribution in [0.4, 0.5) is 24.8 Å². The molecule has 4 nitrogen and oxygen atoms in total. The van der Waals surface area contributed by atoms with E-state index in [1.807, 2.05) is 6.92 Å². The van der Waals surface area contributed by atoms with E-state index < -0.39 is 12.1 Å². The van der Waals surface area contributed by atoms with Gasteiger partial charge in [0.15, 0.2) is 0 Å². The lowest BCUT2D eigenvalue weighted by atomic mass is 9.97. The Morgan fingerprint density at radius 2 is 2.15 bits per heavy atom. The van der Waals surface area contributed by atoms with Gasteiger partial charge in [0.2, 0.25) is 0 Å². The second kappa shape index (κ2) is 5.85. The molecule has 20 heavy (non-hydrogen) atoms. The largest absolute Gasteiger partial charge is 0.393 e. The maximum absolute atomic E-state index is 12.9. The second-order valence-electron chi connectivity index (χ2n) is 5.14. The molecule has 7 heteroatoms. The summed E-state index contributed by atoms with van der Waals surface area (Å²) in [5.74, 6) is -0.360. The highest BCUT2D eigenvalue weighted by atomic mass is 19.4. The van der Waals surface area contributed by atoms with Gasteiger partial charge in [-0.15, -0.1) is 0 Å². The van der Waals surface area contributed by atoms with E-state index in [0.29, 0.717) is 31.0 Å². The zero-order valence-electron chi connectivity index (χ0n) is 11.5. The van der Waals surface area contributed by atoms with Crippen LogP contribution in [0.25, 0.3) is 0 Å². The topological polar surface area (TPSA) is 55.0 Å². The summed E-state index contributed by atoms with van der Waals surface area (Å²) in [5, 5.41) is 0. The number of anilines is 2. The fourth-order valence-corrected chi connectivity index (χ4v) is 2.62. The molecule has 1 atom stereocenters. The molecule has 112 valence electrons. The Morgan fingerprint density at radius 1 is 1.40 bits per heavy atom. The first-order valence-electron chi connectivity index (χ1n) is 6.84. The maximum Gasteiger partial charge on any atom is 0.393 e. The predicted molar refractivity (Wildman–Crippen MR) is 71.4 cm³/mol. The lowest BCUT2D eigenvalue weighted by molar-refractivity contribution is -0.176. The van der Waals surface area contributed by atoms with Gasteiger partial charge in [0.1, 0.15) is 18.0 Å². The number of hydrogen-bond donors (Lipinski definition) is 1. The molecule has 0 radical (unpaired) electrons. The zero-order chi connectivity index (χ0) is 14.8. The van der Waals surface area contributed by atoms with Gasteiger partial charge < -0.3 is 10.6 Å². The third-order valence-electron chi connectivity index (χ3n) is 3.64. The molecule has 2 heterocycles. The lowest BCUT2D eigenvalue weighted by Crippen LogP contribution is -2.42. The lowest BCUT2D eigenvalue weighted by Gasteiger charge is -2.35. The molecule has 2 N–H and O–H groups in total. The van der Waals surface area contributed by atoms with Crippen LogP contribution in [0.3, 0.4) is 0 Å². The Morgan fingerprint density at radius 3 is 2.80 bits per heavy atom. The first kappa shape index (κ1) is 14.9. The van der Waals surface area contributed by atoms with Crippen LogP contribution in [0.1, 0.15) is 31.7 Å². The maximum atomic E-state index is 12.9. The number of nitrogens with zero attached hydrogens (tertiary/aromatic N) is 3. The Kier molecular flexibility index (Phi) is 4.35. The van der Waals surface area contributed by atoms with Gasteiger partial charge in [0, 0.05) is 18.7 Å². The monoisotopic (exact) mass is 288 g/mol. The van der Waals surface area contributed by atoms with E-state index in [1.54, 1.807) is 4.90 Å². The molecule has 0 aliphatic carbocycles. The highest BCUT2D eigenvalue weighted by molar-refractivity contribution is 5.57. The number of nitrogen functional groups attached to an aromatic ring is 1. The molecule has 1 aliphatic rings. The van der Waals surface area contributed by atoms with E-state index in [9.17, 15) is 13.2 Å². The molecule has 1 saturated heterocycles. The zero-order valence-corrected chi connectivity index (χ0v) is 11.5. The summed E-state index contributed by atoms with van der Waals surface area (Å²) in [6, 6.07) is 0. The number of nitrogens with two attached hydrogens (primary N) is 1. The van der Waals surface area contributed by atoms with Crippen LogP contribution in [-0.4, -0.2) is 29.2 Å².